The van der Waals surface area contributed by atoms with Crippen molar-refractivity contribution in [2.45, 2.75) is 51.7 Å². The minimum atomic E-state index is -0.592. The molecule has 1 aromatic rings. The maximum atomic E-state index is 13.8. The number of rotatable bonds is 4. The normalized spacial score (nSPS) is 17.9. The number of halogens is 2. The molecule has 0 spiro atoms. The van der Waals surface area contributed by atoms with Gasteiger partial charge in [0.2, 0.25) is 0 Å². The highest BCUT2D eigenvalue weighted by atomic mass is 35.5. The van der Waals surface area contributed by atoms with E-state index in [4.69, 9.17) is 16.3 Å². The zero-order chi connectivity index (χ0) is 17.9. The van der Waals surface area contributed by atoms with Crippen LogP contribution in [0.1, 0.15) is 39.2 Å². The Hall–Kier alpha value is -1.66. The van der Waals surface area contributed by atoms with Crippen LogP contribution in [0.3, 0.4) is 0 Å². The van der Waals surface area contributed by atoms with E-state index < -0.39 is 23.6 Å². The Bertz CT molecular complexity index is 631. The summed E-state index contributed by atoms with van der Waals surface area (Å²) in [5.41, 5.74) is 2.69. The Kier molecular flexibility index (Phi) is 5.83. The summed E-state index contributed by atoms with van der Waals surface area (Å²) >= 11 is 5.73. The number of Topliss-reactive ketones (excluding diaryl/α,β-unsaturated/α-hetero) is 1. The third kappa shape index (κ3) is 4.92. The predicted molar refractivity (Wildman–Crippen MR) is 89.2 cm³/mol. The maximum absolute atomic E-state index is 13.8. The molecule has 1 saturated heterocycles. The molecule has 0 aliphatic carbocycles. The van der Waals surface area contributed by atoms with Gasteiger partial charge in [0.05, 0.1) is 11.1 Å². The van der Waals surface area contributed by atoms with Gasteiger partial charge < -0.3 is 4.74 Å². The first-order valence-electron chi connectivity index (χ1n) is 7.89. The molecule has 0 aromatic heterocycles. The van der Waals surface area contributed by atoms with Crippen LogP contribution in [0.15, 0.2) is 18.2 Å². The Morgan fingerprint density at radius 2 is 2.12 bits per heavy atom. The Labute approximate surface area is 146 Å². The first-order valence-corrected chi connectivity index (χ1v) is 8.27. The van der Waals surface area contributed by atoms with Crippen molar-refractivity contribution in [2.75, 3.05) is 6.54 Å². The molecule has 7 heteroatoms. The van der Waals surface area contributed by atoms with Crippen molar-refractivity contribution in [3.63, 3.8) is 0 Å². The minimum Gasteiger partial charge on any atom is -0.443 e. The second-order valence-electron chi connectivity index (χ2n) is 6.78. The summed E-state index contributed by atoms with van der Waals surface area (Å²) in [4.78, 5) is 24.2. The van der Waals surface area contributed by atoms with E-state index in [9.17, 15) is 14.0 Å². The predicted octanol–water partition coefficient (Wildman–Crippen LogP) is 3.49. The van der Waals surface area contributed by atoms with Crippen LogP contribution in [0.4, 0.5) is 9.18 Å². The van der Waals surface area contributed by atoms with Gasteiger partial charge in [-0.1, -0.05) is 23.7 Å². The third-order valence-corrected chi connectivity index (χ3v) is 3.92. The van der Waals surface area contributed by atoms with E-state index in [2.05, 4.69) is 5.43 Å². The summed E-state index contributed by atoms with van der Waals surface area (Å²) in [7, 11) is 0. The first-order chi connectivity index (χ1) is 11.2. The molecule has 0 unspecified atom stereocenters. The summed E-state index contributed by atoms with van der Waals surface area (Å²) in [6, 6.07) is 4.28. The second-order valence-corrected chi connectivity index (χ2v) is 7.19. The maximum Gasteiger partial charge on any atom is 0.424 e. The monoisotopic (exact) mass is 356 g/mol. The summed E-state index contributed by atoms with van der Waals surface area (Å²) in [6.07, 6.45) is 0.460. The Morgan fingerprint density at radius 1 is 1.42 bits per heavy atom. The molecule has 1 atom stereocenters. The van der Waals surface area contributed by atoms with Crippen molar-refractivity contribution in [3.8, 4) is 0 Å². The average molecular weight is 357 g/mol. The van der Waals surface area contributed by atoms with E-state index >= 15 is 0 Å². The SMILES string of the molecule is CC(C)(C)OC(=O)N1CC[C@@H](C(=O)CCc2cccc(Cl)c2F)N1. The molecule has 1 aliphatic heterocycles. The Balaban J connectivity index is 1.86. The molecular formula is C17H22ClFN2O3. The molecule has 0 radical (unpaired) electrons. The quantitative estimate of drug-likeness (QED) is 0.897. The Morgan fingerprint density at radius 3 is 2.79 bits per heavy atom. The molecule has 1 heterocycles. The topological polar surface area (TPSA) is 58.6 Å². The second kappa shape index (κ2) is 7.49. The van der Waals surface area contributed by atoms with Crippen LogP contribution in [-0.2, 0) is 16.0 Å². The number of benzene rings is 1. The van der Waals surface area contributed by atoms with Crippen LogP contribution >= 0.6 is 11.6 Å². The van der Waals surface area contributed by atoms with Crippen LogP contribution < -0.4 is 5.43 Å². The summed E-state index contributed by atoms with van der Waals surface area (Å²) < 4.78 is 19.1. The van der Waals surface area contributed by atoms with E-state index in [0.717, 1.165) is 0 Å². The standard InChI is InChI=1S/C17H22ClFN2O3/c1-17(2,3)24-16(23)21-10-9-13(20-21)14(22)8-7-11-5-4-6-12(18)15(11)19/h4-6,13,20H,7-10H2,1-3H3/t13-/m0/s1. The van der Waals surface area contributed by atoms with Gasteiger partial charge in [0.15, 0.2) is 5.78 Å². The van der Waals surface area contributed by atoms with E-state index in [1.165, 1.54) is 11.1 Å². The van der Waals surface area contributed by atoms with E-state index in [-0.39, 0.29) is 23.6 Å². The number of ether oxygens (including phenoxy) is 1. The average Bonchev–Trinajstić information content (AvgIpc) is 2.97. The highest BCUT2D eigenvalue weighted by Crippen LogP contribution is 2.20. The van der Waals surface area contributed by atoms with Crippen molar-refractivity contribution in [3.05, 3.63) is 34.6 Å². The third-order valence-electron chi connectivity index (χ3n) is 3.63. The van der Waals surface area contributed by atoms with E-state index in [0.29, 0.717) is 18.5 Å². The van der Waals surface area contributed by atoms with Crippen molar-refractivity contribution in [1.29, 1.82) is 0 Å². The number of hydrogen-bond acceptors (Lipinski definition) is 4. The van der Waals surface area contributed by atoms with Crippen molar-refractivity contribution in [1.82, 2.24) is 10.4 Å². The summed E-state index contributed by atoms with van der Waals surface area (Å²) in [5, 5.41) is 1.36. The van der Waals surface area contributed by atoms with Crippen molar-refractivity contribution < 1.29 is 18.7 Å². The van der Waals surface area contributed by atoms with E-state index in [1.54, 1.807) is 32.9 Å². The lowest BCUT2D eigenvalue weighted by Crippen LogP contribution is -2.45. The van der Waals surface area contributed by atoms with Crippen molar-refractivity contribution in [2.24, 2.45) is 0 Å². The van der Waals surface area contributed by atoms with Gasteiger partial charge in [-0.25, -0.2) is 19.6 Å². The van der Waals surface area contributed by atoms with Crippen LogP contribution in [0.5, 0.6) is 0 Å². The zero-order valence-corrected chi connectivity index (χ0v) is 14.8. The smallest absolute Gasteiger partial charge is 0.424 e. The summed E-state index contributed by atoms with van der Waals surface area (Å²) in [6.45, 7) is 5.74. The lowest BCUT2D eigenvalue weighted by molar-refractivity contribution is -0.121. The molecule has 0 saturated carbocycles. The van der Waals surface area contributed by atoms with Gasteiger partial charge in [0, 0.05) is 13.0 Å². The number of hydrogen-bond donors (Lipinski definition) is 1. The van der Waals surface area contributed by atoms with Gasteiger partial charge in [0.25, 0.3) is 0 Å². The fourth-order valence-corrected chi connectivity index (χ4v) is 2.64. The van der Waals surface area contributed by atoms with Gasteiger partial charge in [-0.15, -0.1) is 0 Å². The van der Waals surface area contributed by atoms with Gasteiger partial charge in [-0.05, 0) is 45.2 Å². The highest BCUT2D eigenvalue weighted by molar-refractivity contribution is 6.30. The van der Waals surface area contributed by atoms with Gasteiger partial charge in [-0.2, -0.15) is 0 Å². The van der Waals surface area contributed by atoms with Crippen LogP contribution in [0, 0.1) is 5.82 Å². The molecule has 5 nitrogen and oxygen atoms in total. The molecule has 1 amide bonds. The molecule has 1 aliphatic rings. The number of ketones is 1. The largest absolute Gasteiger partial charge is 0.443 e. The van der Waals surface area contributed by atoms with Gasteiger partial charge in [-0.3, -0.25) is 4.79 Å². The number of carbonyl (C=O) groups excluding carboxylic acids is 2. The fraction of sp³-hybridized carbons (Fsp3) is 0.529. The van der Waals surface area contributed by atoms with Gasteiger partial charge in [0.1, 0.15) is 11.4 Å². The molecule has 132 valence electrons. The molecule has 1 aromatic carbocycles. The number of aryl methyl sites for hydroxylation is 1. The number of hydrazine groups is 1. The van der Waals surface area contributed by atoms with Gasteiger partial charge >= 0.3 is 6.09 Å². The molecular weight excluding hydrogens is 335 g/mol. The lowest BCUT2D eigenvalue weighted by atomic mass is 10.0. The van der Waals surface area contributed by atoms with E-state index in [1.807, 2.05) is 0 Å². The van der Waals surface area contributed by atoms with Crippen LogP contribution in [0.25, 0.3) is 0 Å². The number of nitrogens with one attached hydrogen (secondary N) is 1. The molecule has 1 fully saturated rings. The van der Waals surface area contributed by atoms with Crippen molar-refractivity contribution >= 4 is 23.5 Å². The summed E-state index contributed by atoms with van der Waals surface area (Å²) in [5.74, 6) is -0.554. The molecule has 2 rings (SSSR count). The number of carbonyl (C=O) groups is 2. The molecule has 1 N–H and O–H groups in total. The number of amides is 1. The highest BCUT2D eigenvalue weighted by Gasteiger charge is 2.32. The lowest BCUT2D eigenvalue weighted by Gasteiger charge is -2.24. The fourth-order valence-electron chi connectivity index (χ4n) is 2.44. The first kappa shape index (κ1) is 18.7. The number of nitrogens with zero attached hydrogens (tertiary/aromatic N) is 1. The molecule has 24 heavy (non-hydrogen) atoms. The zero-order valence-electron chi connectivity index (χ0n) is 14.1. The minimum absolute atomic E-state index is 0.0510. The molecule has 0 bridgehead atoms. The van der Waals surface area contributed by atoms with Crippen LogP contribution in [0.2, 0.25) is 5.02 Å². The van der Waals surface area contributed by atoms with Crippen LogP contribution in [-0.4, -0.2) is 35.1 Å².